The van der Waals surface area contributed by atoms with Gasteiger partial charge < -0.3 is 10.2 Å². The van der Waals surface area contributed by atoms with Gasteiger partial charge in [0.1, 0.15) is 5.82 Å². The molecule has 0 spiro atoms. The Bertz CT molecular complexity index is 530. The van der Waals surface area contributed by atoms with E-state index in [2.05, 4.69) is 53.6 Å². The van der Waals surface area contributed by atoms with E-state index in [0.717, 1.165) is 22.6 Å². The summed E-state index contributed by atoms with van der Waals surface area (Å²) in [4.78, 5) is 2.51. The molecular formula is C17H24FIN2. The molecule has 2 fully saturated rings. The van der Waals surface area contributed by atoms with Crippen molar-refractivity contribution in [1.82, 2.24) is 5.32 Å². The molecule has 2 atom stereocenters. The average Bonchev–Trinajstić information content (AvgIpc) is 3.22. The zero-order valence-electron chi connectivity index (χ0n) is 13.0. The van der Waals surface area contributed by atoms with Crippen LogP contribution in [-0.2, 0) is 0 Å². The first kappa shape index (κ1) is 15.5. The van der Waals surface area contributed by atoms with E-state index >= 15 is 0 Å². The lowest BCUT2D eigenvalue weighted by Gasteiger charge is -2.49. The van der Waals surface area contributed by atoms with Crippen molar-refractivity contribution < 1.29 is 4.39 Å². The molecule has 21 heavy (non-hydrogen) atoms. The maximum atomic E-state index is 13.4. The van der Waals surface area contributed by atoms with Gasteiger partial charge in [0.15, 0.2) is 0 Å². The van der Waals surface area contributed by atoms with Gasteiger partial charge in [-0.3, -0.25) is 0 Å². The molecule has 1 heterocycles. The minimum Gasteiger partial charge on any atom is -0.364 e. The van der Waals surface area contributed by atoms with Gasteiger partial charge >= 0.3 is 0 Å². The van der Waals surface area contributed by atoms with Crippen LogP contribution in [0.2, 0.25) is 0 Å². The molecule has 3 rings (SSSR count). The Labute approximate surface area is 140 Å². The van der Waals surface area contributed by atoms with Gasteiger partial charge in [-0.05, 0) is 72.4 Å². The Morgan fingerprint density at radius 2 is 2.10 bits per heavy atom. The highest BCUT2D eigenvalue weighted by Gasteiger charge is 2.46. The maximum Gasteiger partial charge on any atom is 0.124 e. The molecule has 0 amide bonds. The number of hydrogen-bond acceptors (Lipinski definition) is 2. The molecule has 4 heteroatoms. The van der Waals surface area contributed by atoms with Gasteiger partial charge in [-0.15, -0.1) is 0 Å². The average molecular weight is 402 g/mol. The van der Waals surface area contributed by atoms with Crippen LogP contribution in [0.4, 0.5) is 10.1 Å². The molecule has 0 bridgehead atoms. The Kier molecular flexibility index (Phi) is 4.21. The Hall–Kier alpha value is -0.360. The third kappa shape index (κ3) is 3.07. The van der Waals surface area contributed by atoms with E-state index < -0.39 is 0 Å². The van der Waals surface area contributed by atoms with Crippen LogP contribution in [0.1, 0.15) is 33.6 Å². The van der Waals surface area contributed by atoms with Gasteiger partial charge in [0.05, 0.1) is 5.69 Å². The second-order valence-electron chi connectivity index (χ2n) is 7.11. The molecule has 2 unspecified atom stereocenters. The summed E-state index contributed by atoms with van der Waals surface area (Å²) in [5.41, 5.74) is 1.38. The van der Waals surface area contributed by atoms with Gasteiger partial charge in [-0.25, -0.2) is 4.39 Å². The summed E-state index contributed by atoms with van der Waals surface area (Å²) >= 11 is 2.26. The zero-order chi connectivity index (χ0) is 15.2. The summed E-state index contributed by atoms with van der Waals surface area (Å²) in [6.45, 7) is 8.93. The third-order valence-electron chi connectivity index (χ3n) is 5.08. The molecule has 1 aromatic carbocycles. The van der Waals surface area contributed by atoms with Gasteiger partial charge in [-0.1, -0.05) is 13.8 Å². The second-order valence-corrected chi connectivity index (χ2v) is 8.27. The molecule has 1 aliphatic carbocycles. The highest BCUT2D eigenvalue weighted by molar-refractivity contribution is 14.1. The Balaban J connectivity index is 1.93. The number of benzene rings is 1. The van der Waals surface area contributed by atoms with Crippen molar-refractivity contribution in [3.05, 3.63) is 27.6 Å². The SMILES string of the molecule is CC(C)C1CNC(C)(C2CC2)CN1c1ccc(F)cc1I. The van der Waals surface area contributed by atoms with Crippen LogP contribution in [-0.4, -0.2) is 24.7 Å². The molecule has 0 radical (unpaired) electrons. The van der Waals surface area contributed by atoms with Crippen molar-refractivity contribution in [2.24, 2.45) is 11.8 Å². The summed E-state index contributed by atoms with van der Waals surface area (Å²) in [5, 5.41) is 3.80. The Morgan fingerprint density at radius 3 is 2.67 bits per heavy atom. The number of anilines is 1. The Morgan fingerprint density at radius 1 is 1.38 bits per heavy atom. The van der Waals surface area contributed by atoms with Crippen LogP contribution < -0.4 is 10.2 Å². The lowest BCUT2D eigenvalue weighted by molar-refractivity contribution is 0.233. The number of nitrogens with zero attached hydrogens (tertiary/aromatic N) is 1. The van der Waals surface area contributed by atoms with Crippen molar-refractivity contribution in [2.75, 3.05) is 18.0 Å². The highest BCUT2D eigenvalue weighted by Crippen LogP contribution is 2.43. The van der Waals surface area contributed by atoms with Gasteiger partial charge in [0.2, 0.25) is 0 Å². The molecule has 1 saturated heterocycles. The molecule has 2 nitrogen and oxygen atoms in total. The minimum absolute atomic E-state index is 0.149. The first-order valence-electron chi connectivity index (χ1n) is 7.87. The number of rotatable bonds is 3. The normalized spacial score (nSPS) is 30.0. The van der Waals surface area contributed by atoms with Gasteiger partial charge in [-0.2, -0.15) is 0 Å². The van der Waals surface area contributed by atoms with E-state index in [4.69, 9.17) is 0 Å². The predicted molar refractivity (Wildman–Crippen MR) is 94.2 cm³/mol. The summed E-state index contributed by atoms with van der Waals surface area (Å²) in [6, 6.07) is 5.65. The molecule has 116 valence electrons. The summed E-state index contributed by atoms with van der Waals surface area (Å²) in [5.74, 6) is 1.22. The van der Waals surface area contributed by atoms with E-state index in [1.807, 2.05) is 6.07 Å². The monoisotopic (exact) mass is 402 g/mol. The smallest absolute Gasteiger partial charge is 0.124 e. The van der Waals surface area contributed by atoms with Crippen molar-refractivity contribution in [3.8, 4) is 0 Å². The molecule has 2 aliphatic rings. The van der Waals surface area contributed by atoms with E-state index in [1.54, 1.807) is 12.1 Å². The molecule has 1 N–H and O–H groups in total. The van der Waals surface area contributed by atoms with Crippen LogP contribution in [0.5, 0.6) is 0 Å². The summed E-state index contributed by atoms with van der Waals surface area (Å²) in [7, 11) is 0. The first-order valence-corrected chi connectivity index (χ1v) is 8.95. The molecule has 1 aliphatic heterocycles. The number of hydrogen-bond donors (Lipinski definition) is 1. The van der Waals surface area contributed by atoms with E-state index in [-0.39, 0.29) is 11.4 Å². The zero-order valence-corrected chi connectivity index (χ0v) is 15.2. The summed E-state index contributed by atoms with van der Waals surface area (Å²) < 4.78 is 14.4. The van der Waals surface area contributed by atoms with Crippen molar-refractivity contribution in [3.63, 3.8) is 0 Å². The number of nitrogens with one attached hydrogen (secondary N) is 1. The molecule has 1 aromatic rings. The van der Waals surface area contributed by atoms with E-state index in [0.29, 0.717) is 12.0 Å². The molecular weight excluding hydrogens is 378 g/mol. The third-order valence-corrected chi connectivity index (χ3v) is 5.95. The van der Waals surface area contributed by atoms with Gasteiger partial charge in [0, 0.05) is 28.2 Å². The van der Waals surface area contributed by atoms with Crippen LogP contribution in [0, 0.1) is 21.2 Å². The summed E-state index contributed by atoms with van der Waals surface area (Å²) in [6.07, 6.45) is 2.67. The maximum absolute atomic E-state index is 13.4. The molecule has 1 saturated carbocycles. The van der Waals surface area contributed by atoms with Crippen LogP contribution in [0.25, 0.3) is 0 Å². The topological polar surface area (TPSA) is 15.3 Å². The second kappa shape index (κ2) is 5.69. The van der Waals surface area contributed by atoms with Crippen LogP contribution in [0.3, 0.4) is 0 Å². The van der Waals surface area contributed by atoms with Crippen molar-refractivity contribution >= 4 is 28.3 Å². The first-order chi connectivity index (χ1) is 9.90. The fraction of sp³-hybridized carbons (Fsp3) is 0.647. The highest BCUT2D eigenvalue weighted by atomic mass is 127. The molecule has 0 aromatic heterocycles. The number of piperazine rings is 1. The van der Waals surface area contributed by atoms with Crippen molar-refractivity contribution in [2.45, 2.75) is 45.2 Å². The predicted octanol–water partition coefficient (Wildman–Crippen LogP) is 4.03. The quantitative estimate of drug-likeness (QED) is 0.769. The number of halogens is 2. The fourth-order valence-electron chi connectivity index (χ4n) is 3.54. The largest absolute Gasteiger partial charge is 0.364 e. The minimum atomic E-state index is -0.149. The van der Waals surface area contributed by atoms with Gasteiger partial charge in [0.25, 0.3) is 0 Å². The van der Waals surface area contributed by atoms with Crippen LogP contribution in [0.15, 0.2) is 18.2 Å². The van der Waals surface area contributed by atoms with E-state index in [1.165, 1.54) is 18.5 Å². The van der Waals surface area contributed by atoms with Crippen molar-refractivity contribution in [1.29, 1.82) is 0 Å². The lowest BCUT2D eigenvalue weighted by Crippen LogP contribution is -2.65. The standard InChI is InChI=1S/C17H24FIN2/c1-11(2)16-9-20-17(3,12-4-5-12)10-21(16)15-7-6-13(18)8-14(15)19/h6-8,11-12,16,20H,4-5,9-10H2,1-3H3. The van der Waals surface area contributed by atoms with Crippen LogP contribution >= 0.6 is 22.6 Å². The fourth-order valence-corrected chi connectivity index (χ4v) is 4.33. The lowest BCUT2D eigenvalue weighted by atomic mass is 9.87. The van der Waals surface area contributed by atoms with E-state index in [9.17, 15) is 4.39 Å².